The van der Waals surface area contributed by atoms with E-state index in [2.05, 4.69) is 17.6 Å². The summed E-state index contributed by atoms with van der Waals surface area (Å²) >= 11 is 0. The van der Waals surface area contributed by atoms with Crippen molar-refractivity contribution in [2.75, 3.05) is 11.9 Å². The Morgan fingerprint density at radius 1 is 0.900 bits per heavy atom. The van der Waals surface area contributed by atoms with Crippen LogP contribution in [0.15, 0.2) is 48.5 Å². The van der Waals surface area contributed by atoms with Crippen molar-refractivity contribution in [3.63, 3.8) is 0 Å². The van der Waals surface area contributed by atoms with Gasteiger partial charge in [-0.05, 0) is 76.1 Å². The SMILES string of the molecule is CCCCCCN(C(=O)C(CC(C)C)NC(=O)OC(C)(C)C)C(C(=O)Nc1ccccc1C)c1ccccc1C. The fraction of sp³-hybridized carbons (Fsp3) is 0.545. The summed E-state index contributed by atoms with van der Waals surface area (Å²) in [5, 5.41) is 5.90. The van der Waals surface area contributed by atoms with Gasteiger partial charge in [0.2, 0.25) is 5.91 Å². The van der Waals surface area contributed by atoms with Crippen LogP contribution >= 0.6 is 0 Å². The van der Waals surface area contributed by atoms with E-state index in [0.29, 0.717) is 18.7 Å². The molecule has 7 heteroatoms. The predicted octanol–water partition coefficient (Wildman–Crippen LogP) is 7.33. The molecule has 2 atom stereocenters. The van der Waals surface area contributed by atoms with E-state index in [0.717, 1.165) is 42.4 Å². The Bertz CT molecular complexity index is 1120. The Balaban J connectivity index is 2.56. The summed E-state index contributed by atoms with van der Waals surface area (Å²) in [6.07, 6.45) is 3.56. The molecule has 2 unspecified atom stereocenters. The van der Waals surface area contributed by atoms with E-state index < -0.39 is 23.8 Å². The van der Waals surface area contributed by atoms with E-state index in [-0.39, 0.29) is 17.7 Å². The Hall–Kier alpha value is -3.35. The van der Waals surface area contributed by atoms with Gasteiger partial charge in [0.1, 0.15) is 17.7 Å². The molecule has 2 rings (SSSR count). The molecule has 0 saturated carbocycles. The zero-order chi connectivity index (χ0) is 29.9. The van der Waals surface area contributed by atoms with Crippen LogP contribution in [0.2, 0.25) is 0 Å². The van der Waals surface area contributed by atoms with Crippen LogP contribution in [0.4, 0.5) is 10.5 Å². The fourth-order valence-electron chi connectivity index (χ4n) is 4.68. The minimum atomic E-state index is -0.870. The first-order chi connectivity index (χ1) is 18.8. The second-order valence-corrected chi connectivity index (χ2v) is 12.0. The Morgan fingerprint density at radius 3 is 2.10 bits per heavy atom. The number of nitrogens with zero attached hydrogens (tertiary/aromatic N) is 1. The average Bonchev–Trinajstić information content (AvgIpc) is 2.86. The smallest absolute Gasteiger partial charge is 0.408 e. The van der Waals surface area contributed by atoms with Crippen molar-refractivity contribution >= 4 is 23.6 Å². The zero-order valence-corrected chi connectivity index (χ0v) is 25.7. The Kier molecular flexibility index (Phi) is 12.7. The van der Waals surface area contributed by atoms with Crippen LogP contribution in [0.5, 0.6) is 0 Å². The highest BCUT2D eigenvalue weighted by molar-refractivity contribution is 5.99. The predicted molar refractivity (Wildman–Crippen MR) is 162 cm³/mol. The topological polar surface area (TPSA) is 87.7 Å². The molecule has 0 heterocycles. The number of hydrogen-bond donors (Lipinski definition) is 2. The molecule has 0 aliphatic rings. The number of aryl methyl sites for hydroxylation is 2. The molecule has 220 valence electrons. The van der Waals surface area contributed by atoms with Crippen molar-refractivity contribution < 1.29 is 19.1 Å². The minimum Gasteiger partial charge on any atom is -0.444 e. The molecule has 2 aromatic rings. The second-order valence-electron chi connectivity index (χ2n) is 12.0. The average molecular weight is 552 g/mol. The molecule has 40 heavy (non-hydrogen) atoms. The van der Waals surface area contributed by atoms with Crippen LogP contribution in [0.25, 0.3) is 0 Å². The van der Waals surface area contributed by atoms with Crippen LogP contribution in [-0.4, -0.2) is 41.0 Å². The number of para-hydroxylation sites is 1. The summed E-state index contributed by atoms with van der Waals surface area (Å²) < 4.78 is 5.50. The maximum Gasteiger partial charge on any atom is 0.408 e. The van der Waals surface area contributed by atoms with Crippen molar-refractivity contribution in [2.24, 2.45) is 5.92 Å². The molecule has 0 radical (unpaired) electrons. The van der Waals surface area contributed by atoms with Gasteiger partial charge in [0, 0.05) is 12.2 Å². The van der Waals surface area contributed by atoms with Gasteiger partial charge in [-0.15, -0.1) is 0 Å². The number of ether oxygens (including phenoxy) is 1. The lowest BCUT2D eigenvalue weighted by molar-refractivity contribution is -0.141. The lowest BCUT2D eigenvalue weighted by Crippen LogP contribution is -2.53. The number of amides is 3. The summed E-state index contributed by atoms with van der Waals surface area (Å²) in [5.74, 6) is -0.444. The maximum atomic E-state index is 14.4. The summed E-state index contributed by atoms with van der Waals surface area (Å²) in [5.41, 5.74) is 2.61. The minimum absolute atomic E-state index is 0.128. The Morgan fingerprint density at radius 2 is 1.52 bits per heavy atom. The highest BCUT2D eigenvalue weighted by Crippen LogP contribution is 2.29. The molecule has 0 saturated heterocycles. The van der Waals surface area contributed by atoms with Crippen LogP contribution in [-0.2, 0) is 14.3 Å². The molecule has 7 nitrogen and oxygen atoms in total. The third-order valence-electron chi connectivity index (χ3n) is 6.68. The molecule has 3 amide bonds. The van der Waals surface area contributed by atoms with Crippen molar-refractivity contribution in [2.45, 2.75) is 105 Å². The van der Waals surface area contributed by atoms with Crippen molar-refractivity contribution in [3.8, 4) is 0 Å². The number of alkyl carbamates (subject to hydrolysis) is 1. The van der Waals surface area contributed by atoms with Gasteiger partial charge in [0.05, 0.1) is 0 Å². The lowest BCUT2D eigenvalue weighted by atomic mass is 9.96. The third kappa shape index (κ3) is 10.3. The number of anilines is 1. The van der Waals surface area contributed by atoms with Gasteiger partial charge in [0.15, 0.2) is 0 Å². The number of benzene rings is 2. The molecular formula is C33H49N3O4. The van der Waals surface area contributed by atoms with Gasteiger partial charge in [-0.3, -0.25) is 9.59 Å². The van der Waals surface area contributed by atoms with Gasteiger partial charge in [-0.25, -0.2) is 4.79 Å². The highest BCUT2D eigenvalue weighted by atomic mass is 16.6. The number of unbranched alkanes of at least 4 members (excludes halogenated alkanes) is 3. The fourth-order valence-corrected chi connectivity index (χ4v) is 4.68. The molecule has 0 aliphatic carbocycles. The maximum absolute atomic E-state index is 14.4. The first-order valence-electron chi connectivity index (χ1n) is 14.6. The summed E-state index contributed by atoms with van der Waals surface area (Å²) in [6.45, 7) is 15.8. The van der Waals surface area contributed by atoms with Crippen LogP contribution in [0.3, 0.4) is 0 Å². The van der Waals surface area contributed by atoms with Gasteiger partial charge in [-0.1, -0.05) is 82.5 Å². The number of carbonyl (C=O) groups is 3. The summed E-state index contributed by atoms with van der Waals surface area (Å²) in [7, 11) is 0. The van der Waals surface area contributed by atoms with Gasteiger partial charge in [-0.2, -0.15) is 0 Å². The quantitative estimate of drug-likeness (QED) is 0.255. The number of nitrogens with one attached hydrogen (secondary N) is 2. The summed E-state index contributed by atoms with van der Waals surface area (Å²) in [4.78, 5) is 42.9. The normalized spacial score (nSPS) is 12.9. The van der Waals surface area contributed by atoms with Gasteiger partial charge >= 0.3 is 6.09 Å². The molecule has 0 fully saturated rings. The molecule has 0 spiro atoms. The van der Waals surface area contributed by atoms with Crippen molar-refractivity contribution in [1.82, 2.24) is 10.2 Å². The molecule has 0 aromatic heterocycles. The third-order valence-corrected chi connectivity index (χ3v) is 6.68. The standard InChI is InChI=1S/C33H49N3O4/c1-9-10-11-16-21-36(31(38)28(22-23(2)3)35-32(39)40-33(6,7)8)29(26-19-14-12-17-24(26)4)30(37)34-27-20-15-13-18-25(27)5/h12-15,17-20,23,28-29H,9-11,16,21-22H2,1-8H3,(H,34,37)(H,35,39). The Labute approximate surface area is 241 Å². The van der Waals surface area contributed by atoms with Crippen molar-refractivity contribution in [3.05, 3.63) is 65.2 Å². The largest absolute Gasteiger partial charge is 0.444 e. The zero-order valence-electron chi connectivity index (χ0n) is 25.7. The molecule has 0 aliphatic heterocycles. The first kappa shape index (κ1) is 32.9. The van der Waals surface area contributed by atoms with Crippen molar-refractivity contribution in [1.29, 1.82) is 0 Å². The van der Waals surface area contributed by atoms with Crippen LogP contribution in [0, 0.1) is 19.8 Å². The summed E-state index contributed by atoms with van der Waals surface area (Å²) in [6, 6.07) is 13.6. The van der Waals surface area contributed by atoms with E-state index in [9.17, 15) is 14.4 Å². The molecule has 0 bridgehead atoms. The first-order valence-corrected chi connectivity index (χ1v) is 14.6. The van der Waals surface area contributed by atoms with Gasteiger partial charge < -0.3 is 20.3 Å². The second kappa shape index (κ2) is 15.4. The molecule has 2 N–H and O–H groups in total. The lowest BCUT2D eigenvalue weighted by Gasteiger charge is -2.35. The van der Waals surface area contributed by atoms with E-state index in [4.69, 9.17) is 4.74 Å². The molecular weight excluding hydrogens is 502 g/mol. The van der Waals surface area contributed by atoms with E-state index in [1.54, 1.807) is 25.7 Å². The van der Waals surface area contributed by atoms with Crippen LogP contribution < -0.4 is 10.6 Å². The highest BCUT2D eigenvalue weighted by Gasteiger charge is 2.37. The van der Waals surface area contributed by atoms with Crippen LogP contribution in [0.1, 0.15) is 96.4 Å². The number of rotatable bonds is 13. The van der Waals surface area contributed by atoms with E-state index in [1.807, 2.05) is 76.2 Å². The van der Waals surface area contributed by atoms with E-state index in [1.165, 1.54) is 0 Å². The monoisotopic (exact) mass is 551 g/mol. The number of carbonyl (C=O) groups excluding carboxylic acids is 3. The van der Waals surface area contributed by atoms with Gasteiger partial charge in [0.25, 0.3) is 5.91 Å². The molecule has 2 aromatic carbocycles. The number of hydrogen-bond acceptors (Lipinski definition) is 4. The van der Waals surface area contributed by atoms with E-state index >= 15 is 0 Å².